The number of aryl methyl sites for hydroxylation is 1. The molecule has 1 atom stereocenters. The Hall–Kier alpha value is -3.46. The number of hydrogen-bond acceptors (Lipinski definition) is 5. The summed E-state index contributed by atoms with van der Waals surface area (Å²) in [5, 5.41) is 6.94. The van der Waals surface area contributed by atoms with Gasteiger partial charge in [-0.1, -0.05) is 12.1 Å². The Kier molecular flexibility index (Phi) is 4.67. The molecule has 3 heterocycles. The maximum Gasteiger partial charge on any atom is 0.332 e. The first kappa shape index (κ1) is 18.9. The number of imidazole rings is 1. The average molecular weight is 409 g/mol. The zero-order chi connectivity index (χ0) is 20.7. The van der Waals surface area contributed by atoms with Crippen molar-refractivity contribution in [2.75, 3.05) is 5.32 Å². The summed E-state index contributed by atoms with van der Waals surface area (Å²) < 4.78 is 3.79. The second kappa shape index (κ2) is 7.17. The largest absolute Gasteiger partial charge is 0.332 e. The molecular formula is C20H19N5O3S. The van der Waals surface area contributed by atoms with Crippen LogP contribution in [0.4, 0.5) is 5.69 Å². The lowest BCUT2D eigenvalue weighted by molar-refractivity contribution is -0.118. The van der Waals surface area contributed by atoms with Gasteiger partial charge in [0.1, 0.15) is 6.04 Å². The summed E-state index contributed by atoms with van der Waals surface area (Å²) in [6.45, 7) is 1.68. The predicted molar refractivity (Wildman–Crippen MR) is 113 cm³/mol. The molecule has 0 bridgehead atoms. The summed E-state index contributed by atoms with van der Waals surface area (Å²) in [5.41, 5.74) is 2.37. The molecule has 8 nitrogen and oxygen atoms in total. The van der Waals surface area contributed by atoms with Crippen molar-refractivity contribution in [3.8, 4) is 11.1 Å². The molecule has 3 aromatic heterocycles. The van der Waals surface area contributed by atoms with E-state index in [9.17, 15) is 14.4 Å². The summed E-state index contributed by atoms with van der Waals surface area (Å²) in [7, 11) is 2.95. The second-order valence-corrected chi connectivity index (χ2v) is 7.56. The number of benzene rings is 1. The van der Waals surface area contributed by atoms with Crippen molar-refractivity contribution < 1.29 is 4.79 Å². The minimum atomic E-state index is -0.693. The first-order valence-corrected chi connectivity index (χ1v) is 9.89. The molecule has 1 unspecified atom stereocenters. The van der Waals surface area contributed by atoms with Crippen LogP contribution in [0, 0.1) is 0 Å². The van der Waals surface area contributed by atoms with Crippen molar-refractivity contribution in [2.24, 2.45) is 14.1 Å². The number of nitrogens with zero attached hydrogens (tertiary/aromatic N) is 4. The first-order valence-electron chi connectivity index (χ1n) is 8.94. The molecule has 0 fully saturated rings. The SMILES string of the molecule is CC(C(=O)Nc1ccc(-c2ccsc2)cc1)n1cnc2c1c(=O)n(C)c(=O)n2C. The summed E-state index contributed by atoms with van der Waals surface area (Å²) in [6, 6.07) is 8.92. The lowest BCUT2D eigenvalue weighted by Gasteiger charge is -2.15. The fraction of sp³-hybridized carbons (Fsp3) is 0.200. The Labute approximate surface area is 169 Å². The normalized spacial score (nSPS) is 12.2. The molecule has 1 amide bonds. The highest BCUT2D eigenvalue weighted by atomic mass is 32.1. The van der Waals surface area contributed by atoms with E-state index in [2.05, 4.69) is 15.7 Å². The maximum atomic E-state index is 12.8. The molecule has 4 aromatic rings. The van der Waals surface area contributed by atoms with Gasteiger partial charge < -0.3 is 9.88 Å². The van der Waals surface area contributed by atoms with Gasteiger partial charge in [0.2, 0.25) is 5.91 Å². The lowest BCUT2D eigenvalue weighted by Crippen LogP contribution is -2.38. The number of anilines is 1. The van der Waals surface area contributed by atoms with E-state index in [4.69, 9.17) is 0 Å². The topological polar surface area (TPSA) is 90.9 Å². The Morgan fingerprint density at radius 2 is 1.79 bits per heavy atom. The van der Waals surface area contributed by atoms with E-state index in [-0.39, 0.29) is 17.1 Å². The zero-order valence-electron chi connectivity index (χ0n) is 16.1. The summed E-state index contributed by atoms with van der Waals surface area (Å²) in [4.78, 5) is 41.6. The number of nitrogens with one attached hydrogen (secondary N) is 1. The number of thiophene rings is 1. The van der Waals surface area contributed by atoms with Crippen molar-refractivity contribution in [3.63, 3.8) is 0 Å². The van der Waals surface area contributed by atoms with Gasteiger partial charge >= 0.3 is 5.69 Å². The summed E-state index contributed by atoms with van der Waals surface area (Å²) in [6.07, 6.45) is 1.41. The molecule has 1 N–H and O–H groups in total. The van der Waals surface area contributed by atoms with Gasteiger partial charge in [-0.2, -0.15) is 11.3 Å². The monoisotopic (exact) mass is 409 g/mol. The molecule has 0 saturated heterocycles. The Morgan fingerprint density at radius 1 is 1.07 bits per heavy atom. The molecule has 148 valence electrons. The van der Waals surface area contributed by atoms with Crippen LogP contribution in [0.5, 0.6) is 0 Å². The van der Waals surface area contributed by atoms with Crippen molar-refractivity contribution in [1.29, 1.82) is 0 Å². The molecule has 29 heavy (non-hydrogen) atoms. The predicted octanol–water partition coefficient (Wildman–Crippen LogP) is 2.36. The van der Waals surface area contributed by atoms with E-state index in [1.54, 1.807) is 25.3 Å². The number of aromatic nitrogens is 4. The van der Waals surface area contributed by atoms with E-state index < -0.39 is 17.3 Å². The molecule has 9 heteroatoms. The van der Waals surface area contributed by atoms with Crippen LogP contribution in [0.1, 0.15) is 13.0 Å². The van der Waals surface area contributed by atoms with Crippen LogP contribution in [-0.2, 0) is 18.9 Å². The van der Waals surface area contributed by atoms with E-state index in [1.807, 2.05) is 35.7 Å². The molecule has 0 aliphatic carbocycles. The molecule has 0 aliphatic rings. The molecule has 4 rings (SSSR count). The Morgan fingerprint density at radius 3 is 2.45 bits per heavy atom. The molecular weight excluding hydrogens is 390 g/mol. The third-order valence-corrected chi connectivity index (χ3v) is 5.66. The van der Waals surface area contributed by atoms with Gasteiger partial charge in [-0.15, -0.1) is 0 Å². The highest BCUT2D eigenvalue weighted by Gasteiger charge is 2.22. The van der Waals surface area contributed by atoms with E-state index in [1.165, 1.54) is 22.5 Å². The van der Waals surface area contributed by atoms with Gasteiger partial charge in [0.25, 0.3) is 5.56 Å². The average Bonchev–Trinajstić information content (AvgIpc) is 3.41. The van der Waals surface area contributed by atoms with Crippen LogP contribution in [0.2, 0.25) is 0 Å². The molecule has 0 aliphatic heterocycles. The number of rotatable bonds is 4. The summed E-state index contributed by atoms with van der Waals surface area (Å²) >= 11 is 1.63. The molecule has 0 spiro atoms. The highest BCUT2D eigenvalue weighted by molar-refractivity contribution is 7.08. The van der Waals surface area contributed by atoms with Crippen LogP contribution in [0.25, 0.3) is 22.3 Å². The van der Waals surface area contributed by atoms with Gasteiger partial charge in [-0.05, 0) is 47.0 Å². The van der Waals surface area contributed by atoms with Gasteiger partial charge in [0.05, 0.1) is 6.33 Å². The van der Waals surface area contributed by atoms with Crippen LogP contribution in [0.3, 0.4) is 0 Å². The first-order chi connectivity index (χ1) is 13.9. The fourth-order valence-corrected chi connectivity index (χ4v) is 3.87. The zero-order valence-corrected chi connectivity index (χ0v) is 16.9. The van der Waals surface area contributed by atoms with E-state index >= 15 is 0 Å². The third kappa shape index (κ3) is 3.19. The highest BCUT2D eigenvalue weighted by Crippen LogP contribution is 2.24. The van der Waals surface area contributed by atoms with Gasteiger partial charge in [0.15, 0.2) is 11.2 Å². The van der Waals surface area contributed by atoms with Gasteiger partial charge in [-0.3, -0.25) is 18.7 Å². The van der Waals surface area contributed by atoms with Gasteiger partial charge in [-0.25, -0.2) is 9.78 Å². The minimum absolute atomic E-state index is 0.213. The number of fused-ring (bicyclic) bond motifs is 1. The number of amides is 1. The quantitative estimate of drug-likeness (QED) is 0.560. The van der Waals surface area contributed by atoms with Crippen molar-refractivity contribution in [2.45, 2.75) is 13.0 Å². The van der Waals surface area contributed by atoms with E-state index in [0.29, 0.717) is 5.69 Å². The number of carbonyl (C=O) groups excluding carboxylic acids is 1. The second-order valence-electron chi connectivity index (χ2n) is 6.78. The van der Waals surface area contributed by atoms with Crippen LogP contribution < -0.4 is 16.6 Å². The third-order valence-electron chi connectivity index (χ3n) is 4.98. The Balaban J connectivity index is 1.62. The Bertz CT molecular complexity index is 1310. The minimum Gasteiger partial charge on any atom is -0.324 e. The molecule has 0 radical (unpaired) electrons. The molecule has 0 saturated carbocycles. The number of hydrogen-bond donors (Lipinski definition) is 1. The van der Waals surface area contributed by atoms with Crippen LogP contribution in [-0.4, -0.2) is 24.6 Å². The van der Waals surface area contributed by atoms with Gasteiger partial charge in [0, 0.05) is 19.8 Å². The van der Waals surface area contributed by atoms with E-state index in [0.717, 1.165) is 15.7 Å². The molecule has 1 aromatic carbocycles. The van der Waals surface area contributed by atoms with Crippen molar-refractivity contribution in [3.05, 3.63) is 68.3 Å². The fourth-order valence-electron chi connectivity index (χ4n) is 3.21. The summed E-state index contributed by atoms with van der Waals surface area (Å²) in [5.74, 6) is -0.288. The van der Waals surface area contributed by atoms with Crippen molar-refractivity contribution in [1.82, 2.24) is 18.7 Å². The van der Waals surface area contributed by atoms with Crippen molar-refractivity contribution >= 4 is 34.1 Å². The number of carbonyl (C=O) groups is 1. The standard InChI is InChI=1S/C20H19N5O3S/c1-12(25-11-21-17-16(25)19(27)24(3)20(28)23(17)2)18(26)22-15-6-4-13(5-7-15)14-8-9-29-10-14/h4-12H,1-3H3,(H,22,26). The maximum absolute atomic E-state index is 12.8. The smallest absolute Gasteiger partial charge is 0.324 e. The van der Waals surface area contributed by atoms with Crippen LogP contribution >= 0.6 is 11.3 Å². The van der Waals surface area contributed by atoms with Crippen LogP contribution in [0.15, 0.2) is 57.0 Å². The lowest BCUT2D eigenvalue weighted by atomic mass is 10.1.